The van der Waals surface area contributed by atoms with Gasteiger partial charge in [-0.2, -0.15) is 4.31 Å². The summed E-state index contributed by atoms with van der Waals surface area (Å²) < 4.78 is 38.0. The van der Waals surface area contributed by atoms with Gasteiger partial charge in [0.05, 0.1) is 26.4 Å². The highest BCUT2D eigenvalue weighted by molar-refractivity contribution is 7.89. The molecule has 0 unspecified atom stereocenters. The highest BCUT2D eigenvalue weighted by Gasteiger charge is 2.27. The first-order chi connectivity index (χ1) is 15.9. The summed E-state index contributed by atoms with van der Waals surface area (Å²) in [6.07, 6.45) is 0.808. The van der Waals surface area contributed by atoms with Crippen LogP contribution in [0.1, 0.15) is 16.7 Å². The molecule has 0 saturated carbocycles. The molecule has 1 N–H and O–H groups in total. The summed E-state index contributed by atoms with van der Waals surface area (Å²) in [5, 5.41) is 4.87. The normalized spacial score (nSPS) is 14.0. The molecular weight excluding hydrogens is 440 g/mol. The highest BCUT2D eigenvalue weighted by Crippen LogP contribution is 2.33. The van der Waals surface area contributed by atoms with E-state index in [2.05, 4.69) is 5.32 Å². The van der Waals surface area contributed by atoms with Crippen LogP contribution in [0.5, 0.6) is 11.5 Å². The number of amides is 1. The molecule has 33 heavy (non-hydrogen) atoms. The lowest BCUT2D eigenvalue weighted by Gasteiger charge is -2.29. The lowest BCUT2D eigenvalue weighted by Crippen LogP contribution is -2.40. The van der Waals surface area contributed by atoms with Crippen LogP contribution < -0.4 is 14.8 Å². The maximum absolute atomic E-state index is 12.9. The molecule has 1 aliphatic rings. The SMILES string of the molecule is COc1cc2c(cc1OC)CN(S(=O)(=O)CCNC(=O)Cc1cccc3ccccc13)CC2. The maximum Gasteiger partial charge on any atom is 0.224 e. The van der Waals surface area contributed by atoms with Crippen molar-refractivity contribution in [3.63, 3.8) is 0 Å². The van der Waals surface area contributed by atoms with Crippen LogP contribution in [0.2, 0.25) is 0 Å². The molecule has 3 aromatic rings. The van der Waals surface area contributed by atoms with Gasteiger partial charge in [0.25, 0.3) is 0 Å². The second-order valence-corrected chi connectivity index (χ2v) is 10.1. The molecule has 0 radical (unpaired) electrons. The van der Waals surface area contributed by atoms with E-state index in [4.69, 9.17) is 9.47 Å². The fourth-order valence-corrected chi connectivity index (χ4v) is 5.55. The molecule has 0 aliphatic carbocycles. The summed E-state index contributed by atoms with van der Waals surface area (Å²) in [6, 6.07) is 17.5. The first kappa shape index (κ1) is 23.1. The third-order valence-electron chi connectivity index (χ3n) is 5.99. The second-order valence-electron chi connectivity index (χ2n) is 8.04. The average molecular weight is 469 g/mol. The van der Waals surface area contributed by atoms with Crippen molar-refractivity contribution in [2.45, 2.75) is 19.4 Å². The molecule has 1 heterocycles. The molecule has 4 rings (SSSR count). The Morgan fingerprint density at radius 1 is 1.00 bits per heavy atom. The van der Waals surface area contributed by atoms with Gasteiger partial charge >= 0.3 is 0 Å². The van der Waals surface area contributed by atoms with Gasteiger partial charge < -0.3 is 14.8 Å². The van der Waals surface area contributed by atoms with Crippen molar-refractivity contribution in [1.82, 2.24) is 9.62 Å². The van der Waals surface area contributed by atoms with Gasteiger partial charge in [-0.05, 0) is 46.0 Å². The Hall–Kier alpha value is -3.10. The minimum Gasteiger partial charge on any atom is -0.493 e. The van der Waals surface area contributed by atoms with Gasteiger partial charge in [0.15, 0.2) is 11.5 Å². The third kappa shape index (κ3) is 5.12. The van der Waals surface area contributed by atoms with Gasteiger partial charge in [-0.3, -0.25) is 4.79 Å². The minimum absolute atomic E-state index is 0.0707. The van der Waals surface area contributed by atoms with E-state index in [1.54, 1.807) is 14.2 Å². The summed E-state index contributed by atoms with van der Waals surface area (Å²) in [6.45, 7) is 0.748. The van der Waals surface area contributed by atoms with Crippen LogP contribution >= 0.6 is 0 Å². The minimum atomic E-state index is -3.52. The van der Waals surface area contributed by atoms with E-state index in [1.807, 2.05) is 54.6 Å². The van der Waals surface area contributed by atoms with Gasteiger partial charge in [-0.1, -0.05) is 42.5 Å². The van der Waals surface area contributed by atoms with Crippen LogP contribution in [0.15, 0.2) is 54.6 Å². The molecule has 0 spiro atoms. The Balaban J connectivity index is 1.35. The number of nitrogens with zero attached hydrogens (tertiary/aromatic N) is 1. The lowest BCUT2D eigenvalue weighted by atomic mass is 10.0. The maximum atomic E-state index is 12.9. The number of hydrogen-bond donors (Lipinski definition) is 1. The van der Waals surface area contributed by atoms with E-state index in [0.29, 0.717) is 24.5 Å². The smallest absolute Gasteiger partial charge is 0.224 e. The van der Waals surface area contributed by atoms with E-state index in [1.165, 1.54) is 4.31 Å². The number of rotatable bonds is 8. The monoisotopic (exact) mass is 468 g/mol. The van der Waals surface area contributed by atoms with Crippen molar-refractivity contribution in [2.24, 2.45) is 0 Å². The zero-order chi connectivity index (χ0) is 23.4. The number of fused-ring (bicyclic) bond motifs is 2. The fourth-order valence-electron chi connectivity index (χ4n) is 4.23. The number of carbonyl (C=O) groups is 1. The highest BCUT2D eigenvalue weighted by atomic mass is 32.2. The van der Waals surface area contributed by atoms with Crippen LogP contribution in [0.25, 0.3) is 10.8 Å². The molecule has 7 nitrogen and oxygen atoms in total. The van der Waals surface area contributed by atoms with Gasteiger partial charge in [-0.25, -0.2) is 8.42 Å². The first-order valence-electron chi connectivity index (χ1n) is 10.9. The van der Waals surface area contributed by atoms with Gasteiger partial charge in [-0.15, -0.1) is 0 Å². The van der Waals surface area contributed by atoms with Crippen molar-refractivity contribution >= 4 is 26.7 Å². The number of benzene rings is 3. The summed E-state index contributed by atoms with van der Waals surface area (Å²) in [7, 11) is -0.378. The standard InChI is InChI=1S/C25H28N2O5S/c1-31-23-14-19-10-12-27(17-21(19)15-24(23)32-2)33(29,30)13-11-26-25(28)16-20-8-5-7-18-6-3-4-9-22(18)20/h3-9,14-15H,10-13,16-17H2,1-2H3,(H,26,28). The molecule has 0 saturated heterocycles. The third-order valence-corrected chi connectivity index (χ3v) is 7.81. The molecule has 174 valence electrons. The molecule has 0 bridgehead atoms. The predicted octanol–water partition coefficient (Wildman–Crippen LogP) is 2.90. The summed E-state index contributed by atoms with van der Waals surface area (Å²) in [5.41, 5.74) is 2.88. The quantitative estimate of drug-likeness (QED) is 0.550. The molecule has 0 fully saturated rings. The molecule has 3 aromatic carbocycles. The molecular formula is C25H28N2O5S. The number of ether oxygens (including phenoxy) is 2. The Kier molecular flexibility index (Phi) is 6.85. The van der Waals surface area contributed by atoms with Crippen LogP contribution in [0.3, 0.4) is 0 Å². The Morgan fingerprint density at radius 2 is 1.70 bits per heavy atom. The molecule has 0 atom stereocenters. The number of hydrogen-bond acceptors (Lipinski definition) is 5. The van der Waals surface area contributed by atoms with Crippen molar-refractivity contribution in [2.75, 3.05) is 33.1 Å². The Bertz CT molecular complexity index is 1270. The summed E-state index contributed by atoms with van der Waals surface area (Å²) in [5.74, 6) is 0.886. The summed E-state index contributed by atoms with van der Waals surface area (Å²) in [4.78, 5) is 12.5. The number of carbonyl (C=O) groups excluding carboxylic acids is 1. The van der Waals surface area contributed by atoms with Crippen molar-refractivity contribution < 1.29 is 22.7 Å². The van der Waals surface area contributed by atoms with E-state index in [-0.39, 0.29) is 31.2 Å². The molecule has 1 amide bonds. The van der Waals surface area contributed by atoms with Crippen molar-refractivity contribution in [1.29, 1.82) is 0 Å². The number of nitrogens with one attached hydrogen (secondary N) is 1. The van der Waals surface area contributed by atoms with E-state index >= 15 is 0 Å². The van der Waals surface area contributed by atoms with Gasteiger partial charge in [0.1, 0.15) is 0 Å². The second kappa shape index (κ2) is 9.80. The van der Waals surface area contributed by atoms with E-state index in [0.717, 1.165) is 27.5 Å². The van der Waals surface area contributed by atoms with Crippen molar-refractivity contribution in [3.05, 3.63) is 71.3 Å². The van der Waals surface area contributed by atoms with Gasteiger partial charge in [0.2, 0.25) is 15.9 Å². The van der Waals surface area contributed by atoms with Crippen LogP contribution in [-0.4, -0.2) is 51.7 Å². The molecule has 1 aliphatic heterocycles. The lowest BCUT2D eigenvalue weighted by molar-refractivity contribution is -0.120. The zero-order valence-electron chi connectivity index (χ0n) is 18.8. The fraction of sp³-hybridized carbons (Fsp3) is 0.320. The summed E-state index contributed by atoms with van der Waals surface area (Å²) >= 11 is 0. The van der Waals surface area contributed by atoms with Crippen LogP contribution in [0.4, 0.5) is 0 Å². The van der Waals surface area contributed by atoms with Gasteiger partial charge in [0, 0.05) is 19.6 Å². The average Bonchev–Trinajstić information content (AvgIpc) is 2.82. The van der Waals surface area contributed by atoms with E-state index < -0.39 is 10.0 Å². The Morgan fingerprint density at radius 3 is 2.45 bits per heavy atom. The number of sulfonamides is 1. The number of methoxy groups -OCH3 is 2. The van der Waals surface area contributed by atoms with Crippen LogP contribution in [0, 0.1) is 0 Å². The molecule has 8 heteroatoms. The first-order valence-corrected chi connectivity index (χ1v) is 12.5. The van der Waals surface area contributed by atoms with Crippen molar-refractivity contribution in [3.8, 4) is 11.5 Å². The topological polar surface area (TPSA) is 84.9 Å². The predicted molar refractivity (Wildman–Crippen MR) is 128 cm³/mol. The molecule has 0 aromatic heterocycles. The van der Waals surface area contributed by atoms with E-state index in [9.17, 15) is 13.2 Å². The van der Waals surface area contributed by atoms with Crippen LogP contribution in [-0.2, 0) is 34.2 Å². The largest absolute Gasteiger partial charge is 0.493 e. The zero-order valence-corrected chi connectivity index (χ0v) is 19.7. The Labute approximate surface area is 194 Å².